The summed E-state index contributed by atoms with van der Waals surface area (Å²) in [4.78, 5) is 22.5. The van der Waals surface area contributed by atoms with Crippen LogP contribution in [0.3, 0.4) is 0 Å². The first-order chi connectivity index (χ1) is 18.7. The zero-order chi connectivity index (χ0) is 31.1. The van der Waals surface area contributed by atoms with Crippen molar-refractivity contribution in [1.29, 1.82) is 0 Å². The van der Waals surface area contributed by atoms with Crippen molar-refractivity contribution in [1.82, 2.24) is 20.3 Å². The molecule has 3 N–H and O–H groups in total. The predicted molar refractivity (Wildman–Crippen MR) is 118 cm³/mol. The van der Waals surface area contributed by atoms with Gasteiger partial charge in [-0.15, -0.1) is 0 Å². The Kier molecular flexibility index (Phi) is 8.74. The molecule has 21 heteroatoms. The third-order valence-electron chi connectivity index (χ3n) is 4.96. The SMILES string of the molecule is O=C(NCC(F)(F)C(F)(F)C(F)(F)C(F)(F)F)c1cc2nc(Nc3c(Cl)cc(F)cc3Cl)[nH]c2nc1OCC(F)F. The van der Waals surface area contributed by atoms with Crippen molar-refractivity contribution in [2.24, 2.45) is 0 Å². The van der Waals surface area contributed by atoms with Crippen molar-refractivity contribution in [3.05, 3.63) is 39.6 Å². The molecule has 2 aromatic heterocycles. The standard InChI is InChI=1S/C20H11Cl2F12N5O2/c21-8-1-6(23)2-9(22)12(8)37-16-36-10-3-7(15(38-13(10)39-16)41-4-11(24)25)14(40)35-5-17(26,27)18(28,29)19(30,31)20(32,33)34/h1-3,11H,4-5H2,(H,35,40)(H2,36,37,38,39). The van der Waals surface area contributed by atoms with Crippen molar-refractivity contribution in [3.63, 3.8) is 0 Å². The highest BCUT2D eigenvalue weighted by Crippen LogP contribution is 2.52. The summed E-state index contributed by atoms with van der Waals surface area (Å²) in [5.41, 5.74) is -1.81. The van der Waals surface area contributed by atoms with E-state index in [-0.39, 0.29) is 32.8 Å². The molecule has 0 spiro atoms. The van der Waals surface area contributed by atoms with E-state index >= 15 is 0 Å². The minimum atomic E-state index is -7.20. The Balaban J connectivity index is 1.94. The predicted octanol–water partition coefficient (Wildman–Crippen LogP) is 6.99. The summed E-state index contributed by atoms with van der Waals surface area (Å²) < 4.78 is 161. The normalized spacial score (nSPS) is 13.1. The summed E-state index contributed by atoms with van der Waals surface area (Å²) in [5, 5.41) is 3.07. The lowest BCUT2D eigenvalue weighted by Crippen LogP contribution is -2.63. The number of fused-ring (bicyclic) bond motifs is 1. The van der Waals surface area contributed by atoms with Gasteiger partial charge in [-0.25, -0.2) is 18.2 Å². The van der Waals surface area contributed by atoms with E-state index in [0.717, 1.165) is 17.4 Å². The molecule has 0 saturated carbocycles. The summed E-state index contributed by atoms with van der Waals surface area (Å²) in [6, 6.07) is 2.37. The molecule has 0 bridgehead atoms. The van der Waals surface area contributed by atoms with Crippen LogP contribution in [0.25, 0.3) is 11.2 Å². The van der Waals surface area contributed by atoms with Gasteiger partial charge in [-0.2, -0.15) is 44.5 Å². The monoisotopic (exact) mass is 651 g/mol. The number of aromatic amines is 1. The number of anilines is 2. The lowest BCUT2D eigenvalue weighted by molar-refractivity contribution is -0.394. The van der Waals surface area contributed by atoms with Gasteiger partial charge in [0.05, 0.1) is 22.3 Å². The van der Waals surface area contributed by atoms with Crippen LogP contribution in [-0.2, 0) is 0 Å². The average Bonchev–Trinajstić information content (AvgIpc) is 3.23. The van der Waals surface area contributed by atoms with Gasteiger partial charge in [-0.3, -0.25) is 4.79 Å². The van der Waals surface area contributed by atoms with Gasteiger partial charge < -0.3 is 20.4 Å². The first kappa shape index (κ1) is 32.2. The van der Waals surface area contributed by atoms with Gasteiger partial charge >= 0.3 is 23.9 Å². The molecule has 3 aromatic rings. The van der Waals surface area contributed by atoms with E-state index in [1.165, 1.54) is 0 Å². The summed E-state index contributed by atoms with van der Waals surface area (Å²) >= 11 is 11.8. The zero-order valence-electron chi connectivity index (χ0n) is 19.2. The highest BCUT2D eigenvalue weighted by molar-refractivity contribution is 6.39. The van der Waals surface area contributed by atoms with Crippen LogP contribution in [0.4, 0.5) is 64.3 Å². The van der Waals surface area contributed by atoms with Crippen LogP contribution in [0, 0.1) is 5.82 Å². The number of benzene rings is 1. The number of carbonyl (C=O) groups excluding carboxylic acids is 1. The van der Waals surface area contributed by atoms with Gasteiger partial charge in [-0.1, -0.05) is 23.2 Å². The molecular weight excluding hydrogens is 641 g/mol. The molecule has 0 radical (unpaired) electrons. The summed E-state index contributed by atoms with van der Waals surface area (Å²) in [7, 11) is 0. The Morgan fingerprint density at radius 3 is 2.07 bits per heavy atom. The molecule has 2 heterocycles. The fourth-order valence-electron chi connectivity index (χ4n) is 2.98. The number of nitrogens with zero attached hydrogens (tertiary/aromatic N) is 2. The second kappa shape index (κ2) is 11.1. The Morgan fingerprint density at radius 1 is 0.951 bits per heavy atom. The first-order valence-electron chi connectivity index (χ1n) is 10.4. The van der Waals surface area contributed by atoms with Gasteiger partial charge in [0.2, 0.25) is 11.8 Å². The molecule has 0 atom stereocenters. The number of nitrogens with one attached hydrogen (secondary N) is 3. The molecule has 0 saturated heterocycles. The van der Waals surface area contributed by atoms with Crippen molar-refractivity contribution in [2.75, 3.05) is 18.5 Å². The minimum absolute atomic E-state index is 0.0975. The molecule has 226 valence electrons. The maximum absolute atomic E-state index is 13.9. The number of halogens is 14. The van der Waals surface area contributed by atoms with E-state index in [4.69, 9.17) is 23.2 Å². The Bertz CT molecular complexity index is 1420. The molecule has 0 aliphatic rings. The lowest BCUT2D eigenvalue weighted by atomic mass is 10.0. The second-order valence-electron chi connectivity index (χ2n) is 7.90. The molecule has 0 aliphatic heterocycles. The van der Waals surface area contributed by atoms with Crippen LogP contribution in [0.1, 0.15) is 10.4 Å². The molecular formula is C20H11Cl2F12N5O2. The zero-order valence-corrected chi connectivity index (χ0v) is 20.7. The fourth-order valence-corrected chi connectivity index (χ4v) is 3.54. The largest absolute Gasteiger partial charge is 0.471 e. The van der Waals surface area contributed by atoms with E-state index in [1.807, 2.05) is 0 Å². The number of aromatic nitrogens is 3. The van der Waals surface area contributed by atoms with Crippen molar-refractivity contribution < 1.29 is 62.2 Å². The Labute approximate surface area is 229 Å². The van der Waals surface area contributed by atoms with Gasteiger partial charge in [0.25, 0.3) is 12.3 Å². The number of pyridine rings is 1. The topological polar surface area (TPSA) is 91.9 Å². The van der Waals surface area contributed by atoms with E-state index < -0.39 is 66.7 Å². The first-order valence-corrected chi connectivity index (χ1v) is 11.1. The van der Waals surface area contributed by atoms with Crippen LogP contribution < -0.4 is 15.4 Å². The number of rotatable bonds is 10. The van der Waals surface area contributed by atoms with Crippen LogP contribution in [0.15, 0.2) is 18.2 Å². The van der Waals surface area contributed by atoms with Crippen LogP contribution in [-0.4, -0.2) is 64.4 Å². The van der Waals surface area contributed by atoms with E-state index in [9.17, 15) is 57.5 Å². The number of ether oxygens (including phenoxy) is 1. The van der Waals surface area contributed by atoms with Gasteiger partial charge in [0.15, 0.2) is 12.3 Å². The fraction of sp³-hybridized carbons (Fsp3) is 0.350. The molecule has 1 aromatic carbocycles. The van der Waals surface area contributed by atoms with Crippen molar-refractivity contribution in [2.45, 2.75) is 30.4 Å². The Morgan fingerprint density at radius 2 is 1.54 bits per heavy atom. The van der Waals surface area contributed by atoms with Gasteiger partial charge in [0, 0.05) is 0 Å². The second-order valence-corrected chi connectivity index (χ2v) is 8.71. The summed E-state index contributed by atoms with van der Waals surface area (Å²) in [5.74, 6) is -24.4. The smallest absolute Gasteiger partial charge is 0.460 e. The number of carbonyl (C=O) groups is 1. The van der Waals surface area contributed by atoms with E-state index in [2.05, 4.69) is 25.0 Å². The van der Waals surface area contributed by atoms with Gasteiger partial charge in [-0.05, 0) is 18.2 Å². The highest BCUT2D eigenvalue weighted by Gasteiger charge is 2.81. The maximum Gasteiger partial charge on any atom is 0.460 e. The van der Waals surface area contributed by atoms with Crippen LogP contribution in [0.5, 0.6) is 5.88 Å². The number of hydrogen-bond donors (Lipinski definition) is 3. The molecule has 7 nitrogen and oxygen atoms in total. The molecule has 3 rings (SSSR count). The van der Waals surface area contributed by atoms with Crippen LogP contribution >= 0.6 is 23.2 Å². The third kappa shape index (κ3) is 6.44. The van der Waals surface area contributed by atoms with E-state index in [1.54, 1.807) is 0 Å². The molecule has 0 fully saturated rings. The maximum atomic E-state index is 13.9. The summed E-state index contributed by atoms with van der Waals surface area (Å²) in [6.45, 7) is -4.20. The van der Waals surface area contributed by atoms with E-state index in [0.29, 0.717) is 6.07 Å². The molecule has 0 aliphatic carbocycles. The quantitative estimate of drug-likeness (QED) is 0.206. The number of hydrogen-bond acceptors (Lipinski definition) is 5. The van der Waals surface area contributed by atoms with Gasteiger partial charge in [0.1, 0.15) is 16.9 Å². The number of alkyl halides is 11. The average molecular weight is 652 g/mol. The van der Waals surface area contributed by atoms with Crippen LogP contribution in [0.2, 0.25) is 10.0 Å². The number of imidazole rings is 1. The number of amides is 1. The number of H-pyrrole nitrogens is 1. The van der Waals surface area contributed by atoms with Crippen molar-refractivity contribution >= 4 is 51.9 Å². The lowest BCUT2D eigenvalue weighted by Gasteiger charge is -2.33. The molecule has 41 heavy (non-hydrogen) atoms. The third-order valence-corrected chi connectivity index (χ3v) is 5.55. The van der Waals surface area contributed by atoms with Crippen molar-refractivity contribution in [3.8, 4) is 5.88 Å². The minimum Gasteiger partial charge on any atom is -0.471 e. The molecule has 1 amide bonds. The summed E-state index contributed by atoms with van der Waals surface area (Å²) in [6.07, 6.45) is -10.3. The molecule has 0 unspecified atom stereocenters. The Hall–Kier alpha value is -3.35. The highest BCUT2D eigenvalue weighted by atomic mass is 35.5.